The van der Waals surface area contributed by atoms with Gasteiger partial charge in [0, 0.05) is 38.2 Å². The zero-order chi connectivity index (χ0) is 27.1. The van der Waals surface area contributed by atoms with E-state index in [1.165, 1.54) is 0 Å². The highest BCUT2D eigenvalue weighted by Crippen LogP contribution is 2.34. The number of halogens is 2. The minimum absolute atomic E-state index is 0.0517. The van der Waals surface area contributed by atoms with Crippen molar-refractivity contribution in [1.29, 1.82) is 0 Å². The molecule has 1 atom stereocenters. The van der Waals surface area contributed by atoms with Crippen molar-refractivity contribution < 1.29 is 9.90 Å². The van der Waals surface area contributed by atoms with Gasteiger partial charge in [0.2, 0.25) is 0 Å². The van der Waals surface area contributed by atoms with Gasteiger partial charge in [-0.05, 0) is 79.5 Å². The summed E-state index contributed by atoms with van der Waals surface area (Å²) in [6, 6.07) is 22.7. The maximum Gasteiger partial charge on any atom is 0.253 e. The quantitative estimate of drug-likeness (QED) is 0.224. The second-order valence-corrected chi connectivity index (χ2v) is 10.8. The fourth-order valence-corrected chi connectivity index (χ4v) is 5.46. The molecule has 1 heterocycles. The van der Waals surface area contributed by atoms with Crippen molar-refractivity contribution in [2.75, 3.05) is 33.2 Å². The van der Waals surface area contributed by atoms with Crippen LogP contribution in [0.3, 0.4) is 0 Å². The molecule has 0 aromatic heterocycles. The molecular formula is C30H31Cl2N3O2S. The number of aliphatic hydroxyl groups is 1. The van der Waals surface area contributed by atoms with Gasteiger partial charge in [0.1, 0.15) is 0 Å². The summed E-state index contributed by atoms with van der Waals surface area (Å²) in [5, 5.41) is 14.5. The summed E-state index contributed by atoms with van der Waals surface area (Å²) in [5.41, 5.74) is 2.38. The van der Waals surface area contributed by atoms with Gasteiger partial charge in [0.25, 0.3) is 5.91 Å². The van der Waals surface area contributed by atoms with Crippen molar-refractivity contribution in [3.63, 3.8) is 0 Å². The summed E-state index contributed by atoms with van der Waals surface area (Å²) in [6.45, 7) is 2.97. The Morgan fingerprint density at radius 3 is 2.50 bits per heavy atom. The molecule has 4 rings (SSSR count). The highest BCUT2D eigenvalue weighted by atomic mass is 35.5. The number of benzene rings is 3. The molecule has 0 radical (unpaired) electrons. The Hall–Kier alpha value is -2.57. The molecule has 3 aromatic carbocycles. The van der Waals surface area contributed by atoms with Crippen molar-refractivity contribution in [1.82, 2.24) is 9.80 Å². The number of hydrogen-bond donors (Lipinski definition) is 1. The zero-order valence-corrected chi connectivity index (χ0v) is 23.6. The first-order chi connectivity index (χ1) is 18.3. The Morgan fingerprint density at radius 2 is 1.82 bits per heavy atom. The lowest BCUT2D eigenvalue weighted by molar-refractivity contribution is -0.0264. The molecule has 1 amide bonds. The van der Waals surface area contributed by atoms with Gasteiger partial charge in [0.05, 0.1) is 26.5 Å². The van der Waals surface area contributed by atoms with Crippen LogP contribution in [0, 0.1) is 0 Å². The Balaban J connectivity index is 1.44. The van der Waals surface area contributed by atoms with Crippen LogP contribution in [0.1, 0.15) is 46.7 Å². The van der Waals surface area contributed by atoms with Crippen molar-refractivity contribution in [2.45, 2.75) is 30.8 Å². The van der Waals surface area contributed by atoms with Crippen LogP contribution >= 0.6 is 35.4 Å². The van der Waals surface area contributed by atoms with E-state index in [-0.39, 0.29) is 11.8 Å². The van der Waals surface area contributed by atoms with E-state index in [2.05, 4.69) is 15.1 Å². The molecule has 3 aromatic rings. The monoisotopic (exact) mass is 567 g/mol. The average molecular weight is 569 g/mol. The number of likely N-dealkylation sites (N-methyl/N-ethyl adjacent to an activating group) is 1. The lowest BCUT2D eigenvalue weighted by atomic mass is 9.84. The largest absolute Gasteiger partial charge is 0.385 e. The van der Waals surface area contributed by atoms with Crippen LogP contribution in [0.5, 0.6) is 0 Å². The van der Waals surface area contributed by atoms with E-state index in [1.54, 1.807) is 29.2 Å². The SMILES string of the molecule is CN(C[C@H](CCN1CCC(O)(c2ccccc2)CC1)c1ccc(Cl)c(Cl)c1)C(=O)c1cccc(N=C=S)c1. The zero-order valence-electron chi connectivity index (χ0n) is 21.3. The number of nitrogens with zero attached hydrogens (tertiary/aromatic N) is 3. The summed E-state index contributed by atoms with van der Waals surface area (Å²) in [7, 11) is 1.81. The molecule has 0 aliphatic carbocycles. The van der Waals surface area contributed by atoms with Gasteiger partial charge in [-0.25, -0.2) is 0 Å². The number of amides is 1. The third kappa shape index (κ3) is 7.09. The third-order valence-electron chi connectivity index (χ3n) is 7.31. The molecule has 0 bridgehead atoms. The van der Waals surface area contributed by atoms with E-state index in [9.17, 15) is 9.90 Å². The van der Waals surface area contributed by atoms with E-state index >= 15 is 0 Å². The maximum atomic E-state index is 13.3. The van der Waals surface area contributed by atoms with Crippen molar-refractivity contribution >= 4 is 52.2 Å². The van der Waals surface area contributed by atoms with Crippen LogP contribution in [-0.2, 0) is 5.60 Å². The summed E-state index contributed by atoms with van der Waals surface area (Å²) in [4.78, 5) is 21.4. The van der Waals surface area contributed by atoms with Gasteiger partial charge < -0.3 is 14.9 Å². The van der Waals surface area contributed by atoms with Crippen molar-refractivity contribution in [3.05, 3.63) is 99.5 Å². The number of aliphatic imine (C=N–C) groups is 1. The first-order valence-electron chi connectivity index (χ1n) is 12.7. The van der Waals surface area contributed by atoms with E-state index in [0.29, 0.717) is 40.7 Å². The van der Waals surface area contributed by atoms with Crippen LogP contribution < -0.4 is 0 Å². The van der Waals surface area contributed by atoms with Crippen molar-refractivity contribution in [3.8, 4) is 0 Å². The molecule has 5 nitrogen and oxygen atoms in total. The number of likely N-dealkylation sites (tertiary alicyclic amines) is 1. The summed E-state index contributed by atoms with van der Waals surface area (Å²) < 4.78 is 0. The molecule has 1 aliphatic rings. The number of piperidine rings is 1. The molecular weight excluding hydrogens is 537 g/mol. The van der Waals surface area contributed by atoms with Crippen LogP contribution in [0.15, 0.2) is 77.8 Å². The van der Waals surface area contributed by atoms with Gasteiger partial charge in [0.15, 0.2) is 0 Å². The molecule has 0 saturated carbocycles. The minimum atomic E-state index is -0.783. The number of carbonyl (C=O) groups excluding carboxylic acids is 1. The van der Waals surface area contributed by atoms with Crippen LogP contribution in [0.4, 0.5) is 5.69 Å². The van der Waals surface area contributed by atoms with E-state index in [0.717, 1.165) is 37.2 Å². The fraction of sp³-hybridized carbons (Fsp3) is 0.333. The summed E-state index contributed by atoms with van der Waals surface area (Å²) in [5.74, 6) is -0.0433. The van der Waals surface area contributed by atoms with Crippen LogP contribution in [-0.4, -0.2) is 59.2 Å². The van der Waals surface area contributed by atoms with E-state index in [1.807, 2.05) is 55.6 Å². The van der Waals surface area contributed by atoms with Gasteiger partial charge in [-0.1, -0.05) is 65.7 Å². The number of thiocarbonyl (C=S) groups is 1. The molecule has 1 saturated heterocycles. The summed E-state index contributed by atoms with van der Waals surface area (Å²) >= 11 is 17.2. The number of carbonyl (C=O) groups is 1. The predicted molar refractivity (Wildman–Crippen MR) is 158 cm³/mol. The topological polar surface area (TPSA) is 56.1 Å². The molecule has 1 fully saturated rings. The Bertz CT molecular complexity index is 1310. The Morgan fingerprint density at radius 1 is 1.08 bits per heavy atom. The molecule has 38 heavy (non-hydrogen) atoms. The normalized spacial score (nSPS) is 15.9. The smallest absolute Gasteiger partial charge is 0.253 e. The van der Waals surface area contributed by atoms with Gasteiger partial charge >= 0.3 is 0 Å². The molecule has 1 N–H and O–H groups in total. The van der Waals surface area contributed by atoms with Gasteiger partial charge in [-0.2, -0.15) is 4.99 Å². The molecule has 0 unspecified atom stereocenters. The third-order valence-corrected chi connectivity index (χ3v) is 8.14. The van der Waals surface area contributed by atoms with Crippen LogP contribution in [0.25, 0.3) is 0 Å². The molecule has 8 heteroatoms. The fourth-order valence-electron chi connectivity index (χ4n) is 5.05. The van der Waals surface area contributed by atoms with Gasteiger partial charge in [-0.15, -0.1) is 0 Å². The number of isothiocyanates is 1. The minimum Gasteiger partial charge on any atom is -0.385 e. The first kappa shape index (κ1) is 28.4. The Kier molecular flexibility index (Phi) is 9.72. The standard InChI is InChI=1S/C30H31Cl2N3O2S/c1-34(29(36)23-6-5-9-26(18-23)33-21-38)20-24(22-10-11-27(31)28(32)19-22)12-15-35-16-13-30(37,14-17-35)25-7-3-2-4-8-25/h2-11,18-19,24,37H,12-17,20H2,1H3/t24-/m0/s1. The molecule has 0 spiro atoms. The lowest BCUT2D eigenvalue weighted by Crippen LogP contribution is -2.43. The highest BCUT2D eigenvalue weighted by molar-refractivity contribution is 7.78. The number of hydrogen-bond acceptors (Lipinski definition) is 5. The summed E-state index contributed by atoms with van der Waals surface area (Å²) in [6.07, 6.45) is 2.20. The molecule has 198 valence electrons. The van der Waals surface area contributed by atoms with Crippen LogP contribution in [0.2, 0.25) is 10.0 Å². The first-order valence-corrected chi connectivity index (χ1v) is 13.8. The van der Waals surface area contributed by atoms with E-state index < -0.39 is 5.60 Å². The Labute approximate surface area is 239 Å². The van der Waals surface area contributed by atoms with E-state index in [4.69, 9.17) is 35.4 Å². The maximum absolute atomic E-state index is 13.3. The lowest BCUT2D eigenvalue weighted by Gasteiger charge is -2.39. The predicted octanol–water partition coefficient (Wildman–Crippen LogP) is 6.96. The van der Waals surface area contributed by atoms with Crippen molar-refractivity contribution in [2.24, 2.45) is 4.99 Å². The van der Waals surface area contributed by atoms with Gasteiger partial charge in [-0.3, -0.25) is 4.79 Å². The number of rotatable bonds is 9. The highest BCUT2D eigenvalue weighted by Gasteiger charge is 2.34. The average Bonchev–Trinajstić information content (AvgIpc) is 2.94. The second-order valence-electron chi connectivity index (χ2n) is 9.84. The molecule has 1 aliphatic heterocycles. The second kappa shape index (κ2) is 13.0.